The van der Waals surface area contributed by atoms with Crippen LogP contribution in [0.1, 0.15) is 12.5 Å². The summed E-state index contributed by atoms with van der Waals surface area (Å²) in [4.78, 5) is 0. The number of ether oxygens (including phenoxy) is 1. The van der Waals surface area contributed by atoms with Gasteiger partial charge in [0, 0.05) is 17.0 Å². The van der Waals surface area contributed by atoms with Crippen LogP contribution < -0.4 is 4.74 Å². The molecule has 0 amide bonds. The number of rotatable bonds is 8. The van der Waals surface area contributed by atoms with Crippen molar-refractivity contribution >= 4 is 17.8 Å². The molecule has 0 radical (unpaired) electrons. The molecule has 0 atom stereocenters. The van der Waals surface area contributed by atoms with E-state index < -0.39 is 0 Å². The van der Waals surface area contributed by atoms with E-state index in [4.69, 9.17) is 4.74 Å². The molecule has 0 aliphatic rings. The Morgan fingerprint density at radius 3 is 2.27 bits per heavy atom. The summed E-state index contributed by atoms with van der Waals surface area (Å²) in [5.41, 5.74) is 3.23. The van der Waals surface area contributed by atoms with Gasteiger partial charge in [-0.3, -0.25) is 4.57 Å². The van der Waals surface area contributed by atoms with Crippen LogP contribution in [0.4, 0.5) is 0 Å². The lowest BCUT2D eigenvalue weighted by molar-refractivity contribution is 0.340. The third-order valence-electron chi connectivity index (χ3n) is 4.49. The summed E-state index contributed by atoms with van der Waals surface area (Å²) in [5, 5.41) is 9.84. The molecule has 0 saturated carbocycles. The van der Waals surface area contributed by atoms with Crippen molar-refractivity contribution in [3.8, 4) is 22.8 Å². The average Bonchev–Trinajstić information content (AvgIpc) is 3.23. The summed E-state index contributed by atoms with van der Waals surface area (Å²) >= 11 is 1.66. The highest BCUT2D eigenvalue weighted by Crippen LogP contribution is 2.29. The molecule has 0 aliphatic carbocycles. The molecule has 5 heteroatoms. The Kier molecular flexibility index (Phi) is 6.62. The van der Waals surface area contributed by atoms with E-state index in [0.29, 0.717) is 6.61 Å². The summed E-state index contributed by atoms with van der Waals surface area (Å²) in [6.07, 6.45) is 4.28. The summed E-state index contributed by atoms with van der Waals surface area (Å²) in [6.45, 7) is 2.63. The lowest BCUT2D eigenvalue weighted by atomic mass is 10.2. The second kappa shape index (κ2) is 9.94. The quantitative estimate of drug-likeness (QED) is 0.325. The molecule has 1 heterocycles. The Bertz CT molecular complexity index is 1090. The number of hydrogen-bond acceptors (Lipinski definition) is 4. The van der Waals surface area contributed by atoms with Gasteiger partial charge in [0.05, 0.1) is 6.61 Å². The van der Waals surface area contributed by atoms with Crippen LogP contribution in [-0.2, 0) is 0 Å². The van der Waals surface area contributed by atoms with Crippen molar-refractivity contribution < 1.29 is 4.74 Å². The van der Waals surface area contributed by atoms with Crippen LogP contribution in [0, 0.1) is 0 Å². The normalized spacial score (nSPS) is 11.1. The van der Waals surface area contributed by atoms with Crippen molar-refractivity contribution in [2.45, 2.75) is 12.1 Å². The Balaban J connectivity index is 1.61. The largest absolute Gasteiger partial charge is 0.494 e. The van der Waals surface area contributed by atoms with Gasteiger partial charge in [-0.05, 0) is 36.8 Å². The van der Waals surface area contributed by atoms with Crippen LogP contribution in [0.5, 0.6) is 5.75 Å². The van der Waals surface area contributed by atoms with Crippen LogP contribution >= 0.6 is 11.8 Å². The van der Waals surface area contributed by atoms with Crippen molar-refractivity contribution in [2.24, 2.45) is 0 Å². The summed E-state index contributed by atoms with van der Waals surface area (Å²) < 4.78 is 7.69. The first-order valence-corrected chi connectivity index (χ1v) is 10.9. The Labute approximate surface area is 181 Å². The average molecular weight is 414 g/mol. The van der Waals surface area contributed by atoms with E-state index in [1.807, 2.05) is 67.6 Å². The van der Waals surface area contributed by atoms with Gasteiger partial charge in [-0.2, -0.15) is 0 Å². The van der Waals surface area contributed by atoms with Crippen LogP contribution in [-0.4, -0.2) is 27.1 Å². The first-order valence-electron chi connectivity index (χ1n) is 9.93. The van der Waals surface area contributed by atoms with Gasteiger partial charge in [-0.1, -0.05) is 84.6 Å². The zero-order valence-electron chi connectivity index (χ0n) is 16.8. The molecule has 30 heavy (non-hydrogen) atoms. The fourth-order valence-electron chi connectivity index (χ4n) is 3.10. The summed E-state index contributed by atoms with van der Waals surface area (Å²) in [5.74, 6) is 2.49. The first-order chi connectivity index (χ1) is 14.8. The minimum Gasteiger partial charge on any atom is -0.494 e. The second-order valence-electron chi connectivity index (χ2n) is 6.56. The van der Waals surface area contributed by atoms with Gasteiger partial charge in [0.2, 0.25) is 0 Å². The van der Waals surface area contributed by atoms with Gasteiger partial charge in [-0.15, -0.1) is 10.2 Å². The lowest BCUT2D eigenvalue weighted by Crippen LogP contribution is -2.00. The predicted octanol–water partition coefficient (Wildman–Crippen LogP) is 6.14. The van der Waals surface area contributed by atoms with Gasteiger partial charge in [0.25, 0.3) is 0 Å². The molecule has 3 aromatic carbocycles. The van der Waals surface area contributed by atoms with E-state index in [-0.39, 0.29) is 0 Å². The third kappa shape index (κ3) is 4.81. The smallest absolute Gasteiger partial charge is 0.196 e. The van der Waals surface area contributed by atoms with Crippen LogP contribution in [0.15, 0.2) is 96.2 Å². The molecule has 0 spiro atoms. The predicted molar refractivity (Wildman–Crippen MR) is 124 cm³/mol. The maximum Gasteiger partial charge on any atom is 0.196 e. The minimum absolute atomic E-state index is 0.649. The molecule has 0 aliphatic heterocycles. The Morgan fingerprint density at radius 2 is 1.57 bits per heavy atom. The topological polar surface area (TPSA) is 39.9 Å². The molecule has 0 N–H and O–H groups in total. The molecule has 4 nitrogen and oxygen atoms in total. The Hall–Kier alpha value is -3.31. The first kappa shape index (κ1) is 20.0. The fraction of sp³-hybridized carbons (Fsp3) is 0.120. The molecule has 0 saturated heterocycles. The molecule has 0 bridgehead atoms. The molecule has 4 aromatic rings. The highest BCUT2D eigenvalue weighted by Gasteiger charge is 2.15. The maximum absolute atomic E-state index is 5.59. The SMILES string of the molecule is CCOc1ccc(-n2c(SC/C=C/c3ccccc3)nnc2-c2ccccc2)cc1. The minimum atomic E-state index is 0.649. The van der Waals surface area contributed by atoms with E-state index in [1.165, 1.54) is 5.56 Å². The van der Waals surface area contributed by atoms with Gasteiger partial charge in [-0.25, -0.2) is 0 Å². The number of benzene rings is 3. The molecule has 150 valence electrons. The number of thioether (sulfide) groups is 1. The van der Waals surface area contributed by atoms with Crippen molar-refractivity contribution in [2.75, 3.05) is 12.4 Å². The second-order valence-corrected chi connectivity index (χ2v) is 7.55. The van der Waals surface area contributed by atoms with Gasteiger partial charge in [0.15, 0.2) is 11.0 Å². The lowest BCUT2D eigenvalue weighted by Gasteiger charge is -2.11. The van der Waals surface area contributed by atoms with Gasteiger partial charge in [0.1, 0.15) is 5.75 Å². The standard InChI is InChI=1S/C25H23N3OS/c1-2-29-23-17-15-22(16-18-23)28-24(21-13-7-4-8-14-21)26-27-25(28)30-19-9-12-20-10-5-3-6-11-20/h3-18H,2,19H2,1H3/b12-9+. The number of nitrogens with zero attached hydrogens (tertiary/aromatic N) is 3. The zero-order valence-corrected chi connectivity index (χ0v) is 17.6. The maximum atomic E-state index is 5.59. The van der Waals surface area contributed by atoms with E-state index >= 15 is 0 Å². The molecule has 0 unspecified atom stereocenters. The number of hydrogen-bond donors (Lipinski definition) is 0. The van der Waals surface area contributed by atoms with Crippen molar-refractivity contribution in [3.63, 3.8) is 0 Å². The summed E-state index contributed by atoms with van der Waals surface area (Å²) in [6, 6.07) is 28.5. The van der Waals surface area contributed by atoms with Gasteiger partial charge >= 0.3 is 0 Å². The monoisotopic (exact) mass is 413 g/mol. The Morgan fingerprint density at radius 1 is 0.867 bits per heavy atom. The molecule has 4 rings (SSSR count). The third-order valence-corrected chi connectivity index (χ3v) is 5.37. The molecular formula is C25H23N3OS. The molecular weight excluding hydrogens is 390 g/mol. The zero-order chi connectivity index (χ0) is 20.6. The van der Waals surface area contributed by atoms with E-state index in [2.05, 4.69) is 51.2 Å². The van der Waals surface area contributed by atoms with Crippen molar-refractivity contribution in [1.82, 2.24) is 14.8 Å². The van der Waals surface area contributed by atoms with Gasteiger partial charge < -0.3 is 4.74 Å². The van der Waals surface area contributed by atoms with Crippen LogP contribution in [0.2, 0.25) is 0 Å². The highest BCUT2D eigenvalue weighted by atomic mass is 32.2. The van der Waals surface area contributed by atoms with Crippen LogP contribution in [0.3, 0.4) is 0 Å². The van der Waals surface area contributed by atoms with Crippen molar-refractivity contribution in [1.29, 1.82) is 0 Å². The molecule has 0 fully saturated rings. The van der Waals surface area contributed by atoms with Crippen molar-refractivity contribution in [3.05, 3.63) is 96.6 Å². The van der Waals surface area contributed by atoms with E-state index in [1.54, 1.807) is 11.8 Å². The van der Waals surface area contributed by atoms with E-state index in [0.717, 1.165) is 33.7 Å². The highest BCUT2D eigenvalue weighted by molar-refractivity contribution is 7.99. The van der Waals surface area contributed by atoms with Crippen LogP contribution in [0.25, 0.3) is 23.2 Å². The fourth-order valence-corrected chi connectivity index (χ4v) is 3.86. The van der Waals surface area contributed by atoms with E-state index in [9.17, 15) is 0 Å². The number of aromatic nitrogens is 3. The summed E-state index contributed by atoms with van der Waals surface area (Å²) in [7, 11) is 0. The molecule has 1 aromatic heterocycles.